The fourth-order valence-electron chi connectivity index (χ4n) is 4.71. The lowest BCUT2D eigenvalue weighted by Gasteiger charge is -2.39. The van der Waals surface area contributed by atoms with Crippen LogP contribution in [0.3, 0.4) is 0 Å². The third kappa shape index (κ3) is 4.70. The van der Waals surface area contributed by atoms with E-state index in [9.17, 15) is 4.79 Å². The van der Waals surface area contributed by atoms with Crippen molar-refractivity contribution in [2.24, 2.45) is 5.41 Å². The van der Waals surface area contributed by atoms with Gasteiger partial charge in [-0.05, 0) is 68.1 Å². The number of hydrogen-bond donors (Lipinski definition) is 1. The minimum absolute atomic E-state index is 0.112. The van der Waals surface area contributed by atoms with Crippen molar-refractivity contribution in [3.05, 3.63) is 23.9 Å². The Morgan fingerprint density at radius 2 is 2.10 bits per heavy atom. The van der Waals surface area contributed by atoms with Crippen LogP contribution in [0, 0.1) is 5.41 Å². The Morgan fingerprint density at radius 1 is 1.34 bits per heavy atom. The smallest absolute Gasteiger partial charge is 0.256 e. The second-order valence-electron chi connectivity index (χ2n) is 8.35. The second-order valence-corrected chi connectivity index (χ2v) is 9.53. The summed E-state index contributed by atoms with van der Waals surface area (Å²) in [6.45, 7) is 5.31. The molecule has 1 atom stereocenters. The number of hydrogen-bond acceptors (Lipinski definition) is 5. The zero-order valence-electron chi connectivity index (χ0n) is 17.1. The van der Waals surface area contributed by atoms with Gasteiger partial charge in [0.25, 0.3) is 5.91 Å². The molecule has 4 rings (SSSR count). The fourth-order valence-corrected chi connectivity index (χ4v) is 5.49. The zero-order chi connectivity index (χ0) is 20.3. The van der Waals surface area contributed by atoms with Crippen LogP contribution in [0.2, 0.25) is 0 Å². The average Bonchev–Trinajstić information content (AvgIpc) is 3.43. The van der Waals surface area contributed by atoms with Crippen molar-refractivity contribution in [2.75, 3.05) is 45.6 Å². The quantitative estimate of drug-likeness (QED) is 0.578. The molecule has 3 aliphatic heterocycles. The van der Waals surface area contributed by atoms with Crippen molar-refractivity contribution in [1.82, 2.24) is 20.1 Å². The molecular formula is C21H30N4O2S2. The van der Waals surface area contributed by atoms with Crippen LogP contribution in [0.15, 0.2) is 23.4 Å². The molecule has 1 N–H and O–H groups in total. The highest BCUT2D eigenvalue weighted by Gasteiger charge is 2.42. The molecule has 1 aromatic rings. The molecule has 0 radical (unpaired) electrons. The van der Waals surface area contributed by atoms with Gasteiger partial charge in [0, 0.05) is 45.5 Å². The van der Waals surface area contributed by atoms with Crippen LogP contribution in [-0.2, 0) is 4.74 Å². The number of nitrogens with zero attached hydrogens (tertiary/aromatic N) is 3. The number of thioether (sulfide) groups is 1. The normalized spacial score (nSPS) is 23.6. The van der Waals surface area contributed by atoms with Crippen LogP contribution in [0.5, 0.6) is 0 Å². The summed E-state index contributed by atoms with van der Waals surface area (Å²) in [7, 11) is 0. The summed E-state index contributed by atoms with van der Waals surface area (Å²) in [6.07, 6.45) is 9.52. The standard InChI is InChI=1S/C21H30N4O2S2/c1-29-18-17(5-2-9-22-18)19(26)24-10-6-21(7-11-24)8-12-25(15-21)20(28)23-14-16-4-3-13-27-16/h2,5,9,16H,3-4,6-8,10-15H2,1H3,(H,23,28). The van der Waals surface area contributed by atoms with Crippen molar-refractivity contribution in [1.29, 1.82) is 0 Å². The minimum Gasteiger partial charge on any atom is -0.376 e. The van der Waals surface area contributed by atoms with Crippen LogP contribution in [-0.4, -0.2) is 77.5 Å². The van der Waals surface area contributed by atoms with Crippen LogP contribution in [0.4, 0.5) is 0 Å². The van der Waals surface area contributed by atoms with Crippen molar-refractivity contribution < 1.29 is 9.53 Å². The molecule has 0 bridgehead atoms. The van der Waals surface area contributed by atoms with Crippen molar-refractivity contribution in [2.45, 2.75) is 43.2 Å². The van der Waals surface area contributed by atoms with Gasteiger partial charge < -0.3 is 19.9 Å². The van der Waals surface area contributed by atoms with E-state index in [1.54, 1.807) is 6.20 Å². The Hall–Kier alpha value is -1.38. The first-order valence-electron chi connectivity index (χ1n) is 10.5. The van der Waals surface area contributed by atoms with Gasteiger partial charge in [-0.2, -0.15) is 0 Å². The number of carbonyl (C=O) groups excluding carboxylic acids is 1. The summed E-state index contributed by atoms with van der Waals surface area (Å²) in [4.78, 5) is 21.6. The Kier molecular flexibility index (Phi) is 6.61. The maximum Gasteiger partial charge on any atom is 0.256 e. The highest BCUT2D eigenvalue weighted by Crippen LogP contribution is 2.40. The van der Waals surface area contributed by atoms with E-state index >= 15 is 0 Å². The summed E-state index contributed by atoms with van der Waals surface area (Å²) < 4.78 is 5.68. The molecule has 0 aliphatic carbocycles. The number of piperidine rings is 1. The third-order valence-corrected chi connectivity index (χ3v) is 7.65. The molecule has 3 aliphatic rings. The molecule has 0 aromatic carbocycles. The largest absolute Gasteiger partial charge is 0.376 e. The van der Waals surface area contributed by atoms with E-state index in [4.69, 9.17) is 17.0 Å². The third-order valence-electron chi connectivity index (χ3n) is 6.54. The highest BCUT2D eigenvalue weighted by molar-refractivity contribution is 7.98. The van der Waals surface area contributed by atoms with Gasteiger partial charge in [-0.3, -0.25) is 4.79 Å². The van der Waals surface area contributed by atoms with E-state index in [2.05, 4.69) is 15.2 Å². The number of amides is 1. The number of ether oxygens (including phenoxy) is 1. The number of nitrogens with one attached hydrogen (secondary N) is 1. The van der Waals surface area contributed by atoms with Gasteiger partial charge in [-0.1, -0.05) is 0 Å². The first-order chi connectivity index (χ1) is 14.1. The van der Waals surface area contributed by atoms with Crippen molar-refractivity contribution in [3.63, 3.8) is 0 Å². The van der Waals surface area contributed by atoms with E-state index in [0.29, 0.717) is 6.10 Å². The Labute approximate surface area is 182 Å². The maximum atomic E-state index is 13.0. The number of pyridine rings is 1. The predicted molar refractivity (Wildman–Crippen MR) is 119 cm³/mol. The fraction of sp³-hybridized carbons (Fsp3) is 0.667. The summed E-state index contributed by atoms with van der Waals surface area (Å²) in [6, 6.07) is 3.73. The topological polar surface area (TPSA) is 57.7 Å². The van der Waals surface area contributed by atoms with Gasteiger partial charge in [0.2, 0.25) is 0 Å². The molecular weight excluding hydrogens is 404 g/mol. The minimum atomic E-state index is 0.112. The lowest BCUT2D eigenvalue weighted by Crippen LogP contribution is -2.46. The van der Waals surface area contributed by atoms with E-state index in [-0.39, 0.29) is 11.3 Å². The van der Waals surface area contributed by atoms with Crippen molar-refractivity contribution in [3.8, 4) is 0 Å². The van der Waals surface area contributed by atoms with E-state index in [0.717, 1.165) is 87.1 Å². The number of rotatable bonds is 4. The maximum absolute atomic E-state index is 13.0. The van der Waals surface area contributed by atoms with Crippen LogP contribution < -0.4 is 5.32 Å². The van der Waals surface area contributed by atoms with Crippen LogP contribution in [0.1, 0.15) is 42.5 Å². The van der Waals surface area contributed by atoms with Crippen LogP contribution >= 0.6 is 24.0 Å². The van der Waals surface area contributed by atoms with Crippen molar-refractivity contribution >= 4 is 35.0 Å². The van der Waals surface area contributed by atoms with Crippen LogP contribution in [0.25, 0.3) is 0 Å². The molecule has 1 unspecified atom stereocenters. The van der Waals surface area contributed by atoms with E-state index < -0.39 is 0 Å². The summed E-state index contributed by atoms with van der Waals surface area (Å²) in [5.74, 6) is 0.112. The lowest BCUT2D eigenvalue weighted by molar-refractivity contribution is 0.0594. The monoisotopic (exact) mass is 434 g/mol. The van der Waals surface area contributed by atoms with Gasteiger partial charge in [0.15, 0.2) is 5.11 Å². The molecule has 158 valence electrons. The van der Waals surface area contributed by atoms with E-state index in [1.165, 1.54) is 11.8 Å². The Balaban J connectivity index is 1.29. The highest BCUT2D eigenvalue weighted by atomic mass is 32.2. The van der Waals surface area contributed by atoms with E-state index in [1.807, 2.05) is 23.3 Å². The van der Waals surface area contributed by atoms with Gasteiger partial charge >= 0.3 is 0 Å². The zero-order valence-corrected chi connectivity index (χ0v) is 18.7. The Bertz CT molecular complexity index is 746. The molecule has 29 heavy (non-hydrogen) atoms. The second kappa shape index (κ2) is 9.18. The first-order valence-corrected chi connectivity index (χ1v) is 12.2. The summed E-state index contributed by atoms with van der Waals surface area (Å²) >= 11 is 7.17. The molecule has 6 nitrogen and oxygen atoms in total. The van der Waals surface area contributed by atoms with Gasteiger partial charge in [0.05, 0.1) is 11.7 Å². The molecule has 4 heterocycles. The SMILES string of the molecule is CSc1ncccc1C(=O)N1CCC2(CC1)CCN(C(=S)NCC1CCCO1)C2. The molecule has 0 saturated carbocycles. The first kappa shape index (κ1) is 20.9. The summed E-state index contributed by atoms with van der Waals surface area (Å²) in [5, 5.41) is 5.08. The molecule has 1 spiro atoms. The lowest BCUT2D eigenvalue weighted by atomic mass is 9.77. The number of likely N-dealkylation sites (tertiary alicyclic amines) is 2. The summed E-state index contributed by atoms with van der Waals surface area (Å²) in [5.41, 5.74) is 1.01. The molecule has 3 saturated heterocycles. The molecule has 3 fully saturated rings. The van der Waals surface area contributed by atoms with Gasteiger partial charge in [-0.25, -0.2) is 4.98 Å². The number of aromatic nitrogens is 1. The molecule has 1 aromatic heterocycles. The molecule has 8 heteroatoms. The Morgan fingerprint density at radius 3 is 2.79 bits per heavy atom. The number of carbonyl (C=O) groups is 1. The average molecular weight is 435 g/mol. The predicted octanol–water partition coefficient (Wildman–Crippen LogP) is 2.79. The van der Waals surface area contributed by atoms with Gasteiger partial charge in [0.1, 0.15) is 5.03 Å². The molecule has 1 amide bonds. The number of thiocarbonyl (C=S) groups is 1. The van der Waals surface area contributed by atoms with Gasteiger partial charge in [-0.15, -0.1) is 11.8 Å².